The van der Waals surface area contributed by atoms with Crippen LogP contribution in [0.2, 0.25) is 0 Å². The summed E-state index contributed by atoms with van der Waals surface area (Å²) in [5.41, 5.74) is 0. The Balaban J connectivity index is 1.60. The van der Waals surface area contributed by atoms with E-state index in [0.29, 0.717) is 13.0 Å². The van der Waals surface area contributed by atoms with Crippen molar-refractivity contribution in [1.82, 2.24) is 16.0 Å². The zero-order valence-corrected chi connectivity index (χ0v) is 11.4. The average molecular weight is 283 g/mol. The van der Waals surface area contributed by atoms with Gasteiger partial charge in [-0.1, -0.05) is 6.42 Å². The minimum absolute atomic E-state index is 0.0287. The molecule has 0 aliphatic heterocycles. The molecule has 2 aliphatic rings. The topological polar surface area (TPSA) is 108 Å². The monoisotopic (exact) mass is 283 g/mol. The number of imide groups is 1. The van der Waals surface area contributed by atoms with Crippen molar-refractivity contribution >= 4 is 17.9 Å². The lowest BCUT2D eigenvalue weighted by atomic mass is 9.96. The number of amides is 3. The number of carboxylic acid groups (broad SMARTS) is 1. The van der Waals surface area contributed by atoms with Crippen LogP contribution in [0.3, 0.4) is 0 Å². The van der Waals surface area contributed by atoms with Crippen LogP contribution in [0.15, 0.2) is 0 Å². The van der Waals surface area contributed by atoms with Crippen LogP contribution >= 0.6 is 0 Å². The molecule has 20 heavy (non-hydrogen) atoms. The first-order valence-corrected chi connectivity index (χ1v) is 7.10. The number of nitrogens with one attached hydrogen (secondary N) is 3. The summed E-state index contributed by atoms with van der Waals surface area (Å²) < 4.78 is 0. The van der Waals surface area contributed by atoms with Gasteiger partial charge in [0.2, 0.25) is 5.91 Å². The van der Waals surface area contributed by atoms with Crippen LogP contribution in [0.1, 0.15) is 32.1 Å². The van der Waals surface area contributed by atoms with E-state index in [-0.39, 0.29) is 24.4 Å². The smallest absolute Gasteiger partial charge is 0.321 e. The number of hydrogen-bond acceptors (Lipinski definition) is 4. The molecule has 2 saturated carbocycles. The molecule has 2 rings (SSSR count). The lowest BCUT2D eigenvalue weighted by Crippen LogP contribution is -2.44. The van der Waals surface area contributed by atoms with Crippen molar-refractivity contribution in [2.45, 2.75) is 38.1 Å². The number of aliphatic carboxylic acids is 1. The molecule has 0 aromatic carbocycles. The Labute approximate surface area is 117 Å². The maximum Gasteiger partial charge on any atom is 0.321 e. The van der Waals surface area contributed by atoms with Gasteiger partial charge in [-0.2, -0.15) is 0 Å². The molecule has 2 aliphatic carbocycles. The van der Waals surface area contributed by atoms with Gasteiger partial charge in [-0.15, -0.1) is 0 Å². The fraction of sp³-hybridized carbons (Fsp3) is 0.769. The van der Waals surface area contributed by atoms with Crippen LogP contribution < -0.4 is 16.0 Å². The molecule has 7 heteroatoms. The lowest BCUT2D eigenvalue weighted by molar-refractivity contribution is -0.142. The second-order valence-electron chi connectivity index (χ2n) is 5.56. The van der Waals surface area contributed by atoms with Crippen molar-refractivity contribution in [1.29, 1.82) is 0 Å². The Bertz CT molecular complexity index is 395. The molecule has 0 radical (unpaired) electrons. The first-order valence-electron chi connectivity index (χ1n) is 7.10. The molecule has 2 atom stereocenters. The second-order valence-corrected chi connectivity index (χ2v) is 5.56. The van der Waals surface area contributed by atoms with Crippen molar-refractivity contribution in [3.05, 3.63) is 0 Å². The van der Waals surface area contributed by atoms with E-state index in [9.17, 15) is 14.4 Å². The van der Waals surface area contributed by atoms with E-state index in [1.807, 2.05) is 0 Å². The van der Waals surface area contributed by atoms with Crippen LogP contribution in [-0.2, 0) is 9.59 Å². The predicted octanol–water partition coefficient (Wildman–Crippen LogP) is 0.0651. The summed E-state index contributed by atoms with van der Waals surface area (Å²) in [7, 11) is 0. The fourth-order valence-electron chi connectivity index (χ4n) is 2.60. The van der Waals surface area contributed by atoms with Crippen LogP contribution in [0, 0.1) is 11.8 Å². The maximum atomic E-state index is 11.5. The number of carbonyl (C=O) groups is 3. The summed E-state index contributed by atoms with van der Waals surface area (Å²) in [5.74, 6) is -1.40. The molecular formula is C13H21N3O4. The zero-order chi connectivity index (χ0) is 14.5. The first kappa shape index (κ1) is 14.8. The van der Waals surface area contributed by atoms with Crippen molar-refractivity contribution in [3.8, 4) is 0 Å². The number of carboxylic acids is 1. The van der Waals surface area contributed by atoms with E-state index in [1.165, 1.54) is 0 Å². The van der Waals surface area contributed by atoms with Crippen LogP contribution in [0.5, 0.6) is 0 Å². The molecule has 0 bridgehead atoms. The highest BCUT2D eigenvalue weighted by Crippen LogP contribution is 2.31. The minimum atomic E-state index is -0.762. The van der Waals surface area contributed by atoms with E-state index < -0.39 is 17.9 Å². The summed E-state index contributed by atoms with van der Waals surface area (Å²) in [6.07, 6.45) is 4.43. The Hall–Kier alpha value is -1.63. The minimum Gasteiger partial charge on any atom is -0.481 e. The SMILES string of the molecule is O=C(CNCC1CCCC1C(=O)O)NC(=O)NC1CC1. The first-order chi connectivity index (χ1) is 9.56. The van der Waals surface area contributed by atoms with E-state index in [0.717, 1.165) is 25.7 Å². The second kappa shape index (κ2) is 6.69. The molecular weight excluding hydrogens is 262 g/mol. The number of rotatable bonds is 6. The average Bonchev–Trinajstić information content (AvgIpc) is 3.04. The molecule has 0 heterocycles. The van der Waals surface area contributed by atoms with Crippen molar-refractivity contribution in [2.24, 2.45) is 11.8 Å². The summed E-state index contributed by atoms with van der Waals surface area (Å²) in [6, 6.07) is -0.242. The van der Waals surface area contributed by atoms with Gasteiger partial charge in [-0.25, -0.2) is 4.79 Å². The van der Waals surface area contributed by atoms with Gasteiger partial charge in [0.05, 0.1) is 12.5 Å². The highest BCUT2D eigenvalue weighted by Gasteiger charge is 2.32. The van der Waals surface area contributed by atoms with Gasteiger partial charge in [0, 0.05) is 6.04 Å². The standard InChI is InChI=1S/C13H21N3O4/c17-11(16-13(20)15-9-4-5-9)7-14-6-8-2-1-3-10(8)12(18)19/h8-10,14H,1-7H2,(H,18,19)(H2,15,16,17,20). The van der Waals surface area contributed by atoms with E-state index in [4.69, 9.17) is 5.11 Å². The molecule has 0 spiro atoms. The summed E-state index contributed by atoms with van der Waals surface area (Å²) in [4.78, 5) is 33.8. The molecule has 112 valence electrons. The van der Waals surface area contributed by atoms with E-state index in [2.05, 4.69) is 16.0 Å². The highest BCUT2D eigenvalue weighted by atomic mass is 16.4. The van der Waals surface area contributed by atoms with Gasteiger partial charge in [-0.3, -0.25) is 14.9 Å². The summed E-state index contributed by atoms with van der Waals surface area (Å²) >= 11 is 0. The van der Waals surface area contributed by atoms with E-state index in [1.54, 1.807) is 0 Å². The van der Waals surface area contributed by atoms with Gasteiger partial charge in [0.25, 0.3) is 0 Å². The largest absolute Gasteiger partial charge is 0.481 e. The van der Waals surface area contributed by atoms with Crippen LogP contribution in [-0.4, -0.2) is 42.1 Å². The molecule has 2 fully saturated rings. The normalized spacial score (nSPS) is 25.2. The summed E-state index contributed by atoms with van der Waals surface area (Å²) in [6.45, 7) is 0.523. The Kier molecular flexibility index (Phi) is 4.94. The quantitative estimate of drug-likeness (QED) is 0.551. The van der Waals surface area contributed by atoms with Crippen molar-refractivity contribution in [2.75, 3.05) is 13.1 Å². The third-order valence-corrected chi connectivity index (χ3v) is 3.83. The van der Waals surface area contributed by atoms with Crippen molar-refractivity contribution in [3.63, 3.8) is 0 Å². The summed E-state index contributed by atoms with van der Waals surface area (Å²) in [5, 5.41) is 16.9. The van der Waals surface area contributed by atoms with Gasteiger partial charge >= 0.3 is 12.0 Å². The number of hydrogen-bond donors (Lipinski definition) is 4. The highest BCUT2D eigenvalue weighted by molar-refractivity contribution is 5.95. The Morgan fingerprint density at radius 3 is 2.50 bits per heavy atom. The molecule has 4 N–H and O–H groups in total. The van der Waals surface area contributed by atoms with Crippen LogP contribution in [0.4, 0.5) is 4.79 Å². The predicted molar refractivity (Wildman–Crippen MR) is 71.0 cm³/mol. The fourth-order valence-corrected chi connectivity index (χ4v) is 2.60. The van der Waals surface area contributed by atoms with Gasteiger partial charge in [0.1, 0.15) is 0 Å². The van der Waals surface area contributed by atoms with E-state index >= 15 is 0 Å². The van der Waals surface area contributed by atoms with Gasteiger partial charge in [-0.05, 0) is 38.1 Å². The molecule has 0 saturated heterocycles. The third kappa shape index (κ3) is 4.48. The van der Waals surface area contributed by atoms with Gasteiger partial charge < -0.3 is 15.7 Å². The molecule has 3 amide bonds. The van der Waals surface area contributed by atoms with Gasteiger partial charge in [0.15, 0.2) is 0 Å². The Morgan fingerprint density at radius 2 is 1.85 bits per heavy atom. The van der Waals surface area contributed by atoms with Crippen LogP contribution in [0.25, 0.3) is 0 Å². The molecule has 2 unspecified atom stereocenters. The Morgan fingerprint density at radius 1 is 1.10 bits per heavy atom. The number of urea groups is 1. The molecule has 0 aromatic rings. The lowest BCUT2D eigenvalue weighted by Gasteiger charge is -2.16. The van der Waals surface area contributed by atoms with Crippen molar-refractivity contribution < 1.29 is 19.5 Å². The number of carbonyl (C=O) groups excluding carboxylic acids is 2. The molecule has 7 nitrogen and oxygen atoms in total. The molecule has 0 aromatic heterocycles. The maximum absolute atomic E-state index is 11.5. The zero-order valence-electron chi connectivity index (χ0n) is 11.4. The third-order valence-electron chi connectivity index (χ3n) is 3.83.